The number of imidazole rings is 1. The number of nitrogens with zero attached hydrogens (tertiary/aromatic N) is 3. The van der Waals surface area contributed by atoms with E-state index in [2.05, 4.69) is 64.2 Å². The molecule has 1 fully saturated rings. The van der Waals surface area contributed by atoms with Crippen LogP contribution in [0.3, 0.4) is 0 Å². The molecule has 2 bridgehead atoms. The second-order valence-electron chi connectivity index (χ2n) is 9.15. The summed E-state index contributed by atoms with van der Waals surface area (Å²) in [5.74, 6) is 0.0940. The van der Waals surface area contributed by atoms with Gasteiger partial charge in [-0.25, -0.2) is 9.78 Å². The van der Waals surface area contributed by atoms with E-state index in [0.717, 1.165) is 31.4 Å². The zero-order valence-electron chi connectivity index (χ0n) is 18.3. The van der Waals surface area contributed by atoms with Crippen molar-refractivity contribution in [3.63, 3.8) is 0 Å². The van der Waals surface area contributed by atoms with Gasteiger partial charge in [0.2, 0.25) is 0 Å². The molecular formula is C27H27N3O2. The smallest absolute Gasteiger partial charge is 0.410 e. The molecule has 1 saturated heterocycles. The molecule has 2 unspecified atom stereocenters. The predicted octanol–water partition coefficient (Wildman–Crippen LogP) is 5.38. The highest BCUT2D eigenvalue weighted by atomic mass is 16.6. The van der Waals surface area contributed by atoms with Crippen LogP contribution >= 0.6 is 0 Å². The molecule has 32 heavy (non-hydrogen) atoms. The van der Waals surface area contributed by atoms with Gasteiger partial charge in [0.05, 0.1) is 24.3 Å². The lowest BCUT2D eigenvalue weighted by atomic mass is 9.84. The molecule has 3 heterocycles. The number of aromatic nitrogens is 2. The van der Waals surface area contributed by atoms with Gasteiger partial charge in [-0.05, 0) is 53.5 Å². The average molecular weight is 426 g/mol. The molecule has 162 valence electrons. The second kappa shape index (κ2) is 7.66. The number of rotatable bonds is 3. The monoisotopic (exact) mass is 425 g/mol. The molecule has 0 N–H and O–H groups in total. The minimum absolute atomic E-state index is 0.0940. The molecule has 6 rings (SSSR count). The van der Waals surface area contributed by atoms with Crippen LogP contribution in [0.2, 0.25) is 0 Å². The summed E-state index contributed by atoms with van der Waals surface area (Å²) in [7, 11) is 2.02. The molecule has 1 aliphatic carbocycles. The third-order valence-electron chi connectivity index (χ3n) is 7.33. The van der Waals surface area contributed by atoms with Crippen LogP contribution in [0.15, 0.2) is 67.1 Å². The van der Waals surface area contributed by atoms with Gasteiger partial charge < -0.3 is 9.30 Å². The van der Waals surface area contributed by atoms with Crippen LogP contribution in [0.4, 0.5) is 4.79 Å². The number of hydrogen-bond donors (Lipinski definition) is 0. The normalized spacial score (nSPS) is 21.7. The van der Waals surface area contributed by atoms with Gasteiger partial charge in [-0.2, -0.15) is 0 Å². The van der Waals surface area contributed by atoms with E-state index in [1.54, 1.807) is 0 Å². The Balaban J connectivity index is 1.23. The topological polar surface area (TPSA) is 47.4 Å². The van der Waals surface area contributed by atoms with Crippen molar-refractivity contribution in [2.75, 3.05) is 6.61 Å². The summed E-state index contributed by atoms with van der Waals surface area (Å²) in [6, 6.07) is 17.2. The Kier molecular flexibility index (Phi) is 4.63. The summed E-state index contributed by atoms with van der Waals surface area (Å²) >= 11 is 0. The van der Waals surface area contributed by atoms with E-state index >= 15 is 0 Å². The van der Waals surface area contributed by atoms with Crippen molar-refractivity contribution in [2.24, 2.45) is 7.05 Å². The summed E-state index contributed by atoms with van der Waals surface area (Å²) in [6.45, 7) is 0.376. The summed E-state index contributed by atoms with van der Waals surface area (Å²) < 4.78 is 8.07. The Labute approximate surface area is 188 Å². The standard InChI is InChI=1S/C27H27N3O2/c1-29-17-28-15-26(29)18-13-19-7-6-8-20(14-18)30(19)27(31)32-16-25-23-11-4-2-9-21(23)22-10-3-5-12-24(22)25/h2-5,9-13,15,17,19-20,25H,6-8,14,16H2,1H3. The summed E-state index contributed by atoms with van der Waals surface area (Å²) in [5, 5.41) is 0. The summed E-state index contributed by atoms with van der Waals surface area (Å²) in [4.78, 5) is 19.6. The van der Waals surface area contributed by atoms with E-state index in [4.69, 9.17) is 4.74 Å². The van der Waals surface area contributed by atoms with Crippen LogP contribution < -0.4 is 0 Å². The number of ether oxygens (including phenoxy) is 1. The van der Waals surface area contributed by atoms with Gasteiger partial charge in [0.15, 0.2) is 0 Å². The zero-order valence-corrected chi connectivity index (χ0v) is 18.3. The Morgan fingerprint density at radius 2 is 1.78 bits per heavy atom. The van der Waals surface area contributed by atoms with Crippen molar-refractivity contribution in [1.82, 2.24) is 14.5 Å². The Hall–Kier alpha value is -3.34. The molecule has 2 aromatic carbocycles. The largest absolute Gasteiger partial charge is 0.448 e. The lowest BCUT2D eigenvalue weighted by Gasteiger charge is -2.44. The van der Waals surface area contributed by atoms with Crippen molar-refractivity contribution >= 4 is 11.7 Å². The maximum Gasteiger partial charge on any atom is 0.410 e. The zero-order chi connectivity index (χ0) is 21.7. The summed E-state index contributed by atoms with van der Waals surface area (Å²) in [5.41, 5.74) is 7.44. The van der Waals surface area contributed by atoms with E-state index < -0.39 is 0 Å². The minimum Gasteiger partial charge on any atom is -0.448 e. The third kappa shape index (κ3) is 3.07. The van der Waals surface area contributed by atoms with Gasteiger partial charge in [0.1, 0.15) is 6.61 Å². The van der Waals surface area contributed by atoms with E-state index in [1.165, 1.54) is 27.8 Å². The molecule has 2 atom stereocenters. The number of carbonyl (C=O) groups is 1. The minimum atomic E-state index is -0.179. The highest BCUT2D eigenvalue weighted by molar-refractivity contribution is 5.79. The van der Waals surface area contributed by atoms with Crippen molar-refractivity contribution in [2.45, 2.75) is 43.7 Å². The number of hydrogen-bond acceptors (Lipinski definition) is 3. The average Bonchev–Trinajstić information content (AvgIpc) is 3.38. The number of benzene rings is 2. The summed E-state index contributed by atoms with van der Waals surface area (Å²) in [6.07, 6.45) is 9.86. The first-order valence-corrected chi connectivity index (χ1v) is 11.5. The maximum absolute atomic E-state index is 13.3. The first-order chi connectivity index (χ1) is 15.7. The molecule has 1 amide bonds. The van der Waals surface area contributed by atoms with Gasteiger partial charge in [-0.1, -0.05) is 54.6 Å². The SMILES string of the molecule is Cn1cncc1C1=CC2CCCC(C1)N2C(=O)OCC1c2ccccc2-c2ccccc21. The van der Waals surface area contributed by atoms with Crippen LogP contribution in [0, 0.1) is 0 Å². The van der Waals surface area contributed by atoms with E-state index in [0.29, 0.717) is 6.61 Å². The highest BCUT2D eigenvalue weighted by Gasteiger charge is 2.39. The molecule has 5 nitrogen and oxygen atoms in total. The third-order valence-corrected chi connectivity index (χ3v) is 7.33. The fraction of sp³-hybridized carbons (Fsp3) is 0.333. The number of aryl methyl sites for hydroxylation is 1. The van der Waals surface area contributed by atoms with Crippen molar-refractivity contribution in [3.05, 3.63) is 84.0 Å². The fourth-order valence-corrected chi connectivity index (χ4v) is 5.84. The molecule has 2 aliphatic heterocycles. The van der Waals surface area contributed by atoms with Crippen LogP contribution in [-0.4, -0.2) is 39.2 Å². The molecule has 5 heteroatoms. The lowest BCUT2D eigenvalue weighted by Crippen LogP contribution is -2.52. The second-order valence-corrected chi connectivity index (χ2v) is 9.15. The van der Waals surface area contributed by atoms with Crippen LogP contribution in [0.25, 0.3) is 16.7 Å². The Bertz CT molecular complexity index is 1170. The van der Waals surface area contributed by atoms with E-state index in [1.807, 2.05) is 24.5 Å². The van der Waals surface area contributed by atoms with Crippen LogP contribution in [0.5, 0.6) is 0 Å². The van der Waals surface area contributed by atoms with Gasteiger partial charge in [0, 0.05) is 19.0 Å². The molecule has 1 aromatic heterocycles. The van der Waals surface area contributed by atoms with Gasteiger partial charge in [-0.15, -0.1) is 0 Å². The quantitative estimate of drug-likeness (QED) is 0.566. The van der Waals surface area contributed by atoms with E-state index in [-0.39, 0.29) is 24.1 Å². The van der Waals surface area contributed by atoms with Gasteiger partial charge >= 0.3 is 6.09 Å². The lowest BCUT2D eigenvalue weighted by molar-refractivity contribution is 0.0538. The molecule has 0 radical (unpaired) electrons. The first kappa shape index (κ1) is 19.4. The highest BCUT2D eigenvalue weighted by Crippen LogP contribution is 2.45. The molecule has 0 saturated carbocycles. The van der Waals surface area contributed by atoms with E-state index in [9.17, 15) is 4.79 Å². The number of amides is 1. The van der Waals surface area contributed by atoms with Crippen LogP contribution in [0.1, 0.15) is 48.4 Å². The van der Waals surface area contributed by atoms with Crippen LogP contribution in [-0.2, 0) is 11.8 Å². The molecule has 0 spiro atoms. The van der Waals surface area contributed by atoms with Crippen molar-refractivity contribution in [3.8, 4) is 11.1 Å². The van der Waals surface area contributed by atoms with Gasteiger partial charge in [-0.3, -0.25) is 4.90 Å². The number of piperidine rings is 1. The Morgan fingerprint density at radius 3 is 2.44 bits per heavy atom. The Morgan fingerprint density at radius 1 is 1.06 bits per heavy atom. The number of fused-ring (bicyclic) bond motifs is 5. The van der Waals surface area contributed by atoms with Gasteiger partial charge in [0.25, 0.3) is 0 Å². The predicted molar refractivity (Wildman–Crippen MR) is 124 cm³/mol. The van der Waals surface area contributed by atoms with Crippen molar-refractivity contribution < 1.29 is 9.53 Å². The molecule has 3 aliphatic rings. The first-order valence-electron chi connectivity index (χ1n) is 11.5. The fourth-order valence-electron chi connectivity index (χ4n) is 5.84. The number of carbonyl (C=O) groups excluding carboxylic acids is 1. The molecule has 3 aromatic rings. The van der Waals surface area contributed by atoms with Crippen molar-refractivity contribution in [1.29, 1.82) is 0 Å². The maximum atomic E-state index is 13.3. The molecular weight excluding hydrogens is 398 g/mol.